The molecule has 6 heteroatoms. The topological polar surface area (TPSA) is 93.1 Å². The number of carbonyl (C=O) groups is 2. The molecule has 6 nitrogen and oxygen atoms in total. The third-order valence-electron chi connectivity index (χ3n) is 9.60. The molecule has 0 saturated heterocycles. The Labute approximate surface area is 244 Å². The molecule has 8 rings (SSSR count). The largest absolute Gasteiger partial charge is 0.478 e. The van der Waals surface area contributed by atoms with E-state index in [0.717, 1.165) is 43.2 Å². The maximum atomic E-state index is 12.0. The first-order valence-electron chi connectivity index (χ1n) is 14.5. The molecule has 4 aromatic rings. The highest BCUT2D eigenvalue weighted by Crippen LogP contribution is 2.68. The van der Waals surface area contributed by atoms with Crippen LogP contribution in [0.3, 0.4) is 0 Å². The molecule has 0 radical (unpaired) electrons. The molecule has 4 saturated carbocycles. The highest BCUT2D eigenvalue weighted by atomic mass is 16.5. The van der Waals surface area contributed by atoms with Crippen molar-refractivity contribution < 1.29 is 29.3 Å². The van der Waals surface area contributed by atoms with Crippen molar-refractivity contribution >= 4 is 11.9 Å². The number of hydrogen-bond donors (Lipinski definition) is 2. The van der Waals surface area contributed by atoms with Crippen LogP contribution in [0.4, 0.5) is 0 Å². The van der Waals surface area contributed by atoms with E-state index in [0.29, 0.717) is 34.8 Å². The summed E-state index contributed by atoms with van der Waals surface area (Å²) in [5.41, 5.74) is 2.13. The van der Waals surface area contributed by atoms with Crippen LogP contribution in [0.1, 0.15) is 70.4 Å². The van der Waals surface area contributed by atoms with Crippen molar-refractivity contribution in [3.05, 3.63) is 119 Å². The first-order valence-corrected chi connectivity index (χ1v) is 14.5. The van der Waals surface area contributed by atoms with E-state index in [1.165, 1.54) is 6.42 Å². The lowest BCUT2D eigenvalue weighted by Crippen LogP contribution is -2.56. The summed E-state index contributed by atoms with van der Waals surface area (Å²) in [6, 6.07) is 29.7. The molecule has 0 unspecified atom stereocenters. The lowest BCUT2D eigenvalue weighted by molar-refractivity contribution is -0.0295. The second-order valence-electron chi connectivity index (χ2n) is 12.4. The predicted molar refractivity (Wildman–Crippen MR) is 158 cm³/mol. The third kappa shape index (κ3) is 4.61. The number of ether oxygens (including phenoxy) is 2. The summed E-state index contributed by atoms with van der Waals surface area (Å²) in [5.74, 6) is 1.56. The van der Waals surface area contributed by atoms with Gasteiger partial charge in [0.1, 0.15) is 23.0 Å². The van der Waals surface area contributed by atoms with Crippen LogP contribution in [-0.4, -0.2) is 22.2 Å². The zero-order chi connectivity index (χ0) is 28.9. The van der Waals surface area contributed by atoms with Crippen molar-refractivity contribution in [2.75, 3.05) is 0 Å². The summed E-state index contributed by atoms with van der Waals surface area (Å²) in [6.07, 6.45) is 6.11. The van der Waals surface area contributed by atoms with Crippen LogP contribution in [0.2, 0.25) is 0 Å². The lowest BCUT2D eigenvalue weighted by Gasteiger charge is -2.63. The molecule has 2 N–H and O–H groups in total. The minimum atomic E-state index is -0.984. The summed E-state index contributed by atoms with van der Waals surface area (Å²) in [4.78, 5) is 23.9. The van der Waals surface area contributed by atoms with Crippen LogP contribution in [0.5, 0.6) is 23.0 Å². The molecule has 0 aromatic heterocycles. The van der Waals surface area contributed by atoms with E-state index >= 15 is 0 Å². The monoisotopic (exact) mass is 560 g/mol. The van der Waals surface area contributed by atoms with Crippen LogP contribution in [0, 0.1) is 11.8 Å². The molecule has 0 spiro atoms. The van der Waals surface area contributed by atoms with Gasteiger partial charge in [-0.15, -0.1) is 0 Å². The minimum Gasteiger partial charge on any atom is -0.478 e. The van der Waals surface area contributed by atoms with Gasteiger partial charge in [-0.1, -0.05) is 48.5 Å². The number of carboxylic acid groups (broad SMARTS) is 2. The summed E-state index contributed by atoms with van der Waals surface area (Å²) in [6.45, 7) is 0. The molecule has 4 fully saturated rings. The molecule has 4 aliphatic rings. The standard InChI is InChI=1S/C36H32O6/c37-33(38)25-11-13-29(31(16-25)41-27-7-3-1-4-8-27)35-18-23-15-24(19-35)21-36(20-23,22-35)30-14-12-26(34(39)40)17-32(30)42-28-9-5-2-6-10-28/h1-14,16-17,23-24H,15,18-22H2,(H,37,38)(H,39,40). The molecule has 0 aliphatic heterocycles. The van der Waals surface area contributed by atoms with Gasteiger partial charge in [0.05, 0.1) is 11.1 Å². The number of aromatic carboxylic acids is 2. The molecule has 212 valence electrons. The first-order chi connectivity index (χ1) is 20.3. The number of carboxylic acids is 2. The normalized spacial score (nSPS) is 25.6. The van der Waals surface area contributed by atoms with E-state index in [-0.39, 0.29) is 22.0 Å². The van der Waals surface area contributed by atoms with Gasteiger partial charge in [-0.25, -0.2) is 9.59 Å². The van der Waals surface area contributed by atoms with E-state index < -0.39 is 11.9 Å². The van der Waals surface area contributed by atoms with Gasteiger partial charge in [0.2, 0.25) is 0 Å². The average Bonchev–Trinajstić information content (AvgIpc) is 2.97. The van der Waals surface area contributed by atoms with Crippen LogP contribution in [0.15, 0.2) is 97.1 Å². The summed E-state index contributed by atoms with van der Waals surface area (Å²) < 4.78 is 12.8. The van der Waals surface area contributed by atoms with Gasteiger partial charge in [-0.05, 0) is 98.9 Å². The summed E-state index contributed by atoms with van der Waals surface area (Å²) >= 11 is 0. The molecule has 42 heavy (non-hydrogen) atoms. The SMILES string of the molecule is O=C(O)c1ccc(C23CC4CC(C2)CC(c2ccc(C(=O)O)cc2Oc2ccccc2)(C4)C3)c(Oc2ccccc2)c1. The van der Waals surface area contributed by atoms with E-state index in [4.69, 9.17) is 9.47 Å². The summed E-state index contributed by atoms with van der Waals surface area (Å²) in [7, 11) is 0. The van der Waals surface area contributed by atoms with Crippen molar-refractivity contribution in [3.8, 4) is 23.0 Å². The number of benzene rings is 4. The van der Waals surface area contributed by atoms with E-state index in [1.54, 1.807) is 24.3 Å². The van der Waals surface area contributed by atoms with Gasteiger partial charge in [0.15, 0.2) is 0 Å². The Morgan fingerprint density at radius 2 is 1.00 bits per heavy atom. The molecule has 4 aromatic carbocycles. The molecular weight excluding hydrogens is 528 g/mol. The Bertz CT molecular complexity index is 1530. The Morgan fingerprint density at radius 3 is 1.38 bits per heavy atom. The Kier molecular flexibility index (Phi) is 6.30. The second kappa shape index (κ2) is 10.1. The molecule has 0 amide bonds. The number of para-hydroxylation sites is 2. The first kappa shape index (κ1) is 26.3. The number of rotatable bonds is 8. The van der Waals surface area contributed by atoms with Crippen molar-refractivity contribution in [1.29, 1.82) is 0 Å². The van der Waals surface area contributed by atoms with E-state index in [9.17, 15) is 19.8 Å². The van der Waals surface area contributed by atoms with Crippen molar-refractivity contribution in [2.45, 2.75) is 49.4 Å². The zero-order valence-corrected chi connectivity index (χ0v) is 23.2. The zero-order valence-electron chi connectivity index (χ0n) is 23.2. The third-order valence-corrected chi connectivity index (χ3v) is 9.60. The van der Waals surface area contributed by atoms with E-state index in [1.807, 2.05) is 72.8 Å². The van der Waals surface area contributed by atoms with Crippen molar-refractivity contribution in [1.82, 2.24) is 0 Å². The molecule has 4 bridgehead atoms. The maximum absolute atomic E-state index is 12.0. The van der Waals surface area contributed by atoms with Gasteiger partial charge >= 0.3 is 11.9 Å². The van der Waals surface area contributed by atoms with Crippen molar-refractivity contribution in [2.24, 2.45) is 11.8 Å². The highest BCUT2D eigenvalue weighted by Gasteiger charge is 2.60. The number of hydrogen-bond acceptors (Lipinski definition) is 4. The smallest absolute Gasteiger partial charge is 0.335 e. The Hall–Kier alpha value is -4.58. The van der Waals surface area contributed by atoms with E-state index in [2.05, 4.69) is 0 Å². The average molecular weight is 561 g/mol. The van der Waals surface area contributed by atoms with Crippen LogP contribution in [-0.2, 0) is 10.8 Å². The minimum absolute atomic E-state index is 0.194. The predicted octanol–water partition coefficient (Wildman–Crippen LogP) is 8.46. The maximum Gasteiger partial charge on any atom is 0.335 e. The fourth-order valence-electron chi connectivity index (χ4n) is 8.48. The van der Waals surface area contributed by atoms with Gasteiger partial charge in [0, 0.05) is 22.0 Å². The lowest BCUT2D eigenvalue weighted by atomic mass is 9.41. The molecule has 0 atom stereocenters. The molecule has 0 heterocycles. The summed E-state index contributed by atoms with van der Waals surface area (Å²) in [5, 5.41) is 19.6. The second-order valence-corrected chi connectivity index (χ2v) is 12.4. The molecule has 4 aliphatic carbocycles. The fourth-order valence-corrected chi connectivity index (χ4v) is 8.48. The van der Waals surface area contributed by atoms with Gasteiger partial charge in [-0.2, -0.15) is 0 Å². The highest BCUT2D eigenvalue weighted by molar-refractivity contribution is 5.89. The van der Waals surface area contributed by atoms with Crippen LogP contribution < -0.4 is 9.47 Å². The van der Waals surface area contributed by atoms with Crippen LogP contribution in [0.25, 0.3) is 0 Å². The Morgan fingerprint density at radius 1 is 0.595 bits per heavy atom. The molecular formula is C36H32O6. The van der Waals surface area contributed by atoms with Gasteiger partial charge in [0.25, 0.3) is 0 Å². The van der Waals surface area contributed by atoms with Crippen molar-refractivity contribution in [3.63, 3.8) is 0 Å². The quantitative estimate of drug-likeness (QED) is 0.225. The Balaban J connectivity index is 1.34. The van der Waals surface area contributed by atoms with Gasteiger partial charge < -0.3 is 19.7 Å². The van der Waals surface area contributed by atoms with Crippen LogP contribution >= 0.6 is 0 Å². The fraction of sp³-hybridized carbons (Fsp3) is 0.278. The van der Waals surface area contributed by atoms with Gasteiger partial charge in [-0.3, -0.25) is 0 Å².